The molecule has 2 atom stereocenters. The number of likely N-dealkylation sites (tertiary alicyclic amines) is 1. The van der Waals surface area contributed by atoms with Gasteiger partial charge in [0.2, 0.25) is 0 Å². The summed E-state index contributed by atoms with van der Waals surface area (Å²) in [5.41, 5.74) is 0. The lowest BCUT2D eigenvalue weighted by Gasteiger charge is -2.39. The van der Waals surface area contributed by atoms with E-state index in [-0.39, 0.29) is 18.7 Å². The first-order valence-electron chi connectivity index (χ1n) is 6.30. The number of aliphatic hydroxyl groups excluding tert-OH is 1. The van der Waals surface area contributed by atoms with Crippen LogP contribution in [0.2, 0.25) is 0 Å². The van der Waals surface area contributed by atoms with Crippen molar-refractivity contribution in [2.75, 3.05) is 13.2 Å². The lowest BCUT2D eigenvalue weighted by molar-refractivity contribution is -0.145. The second-order valence-corrected chi connectivity index (χ2v) is 4.54. The Bertz CT molecular complexity index is 218. The van der Waals surface area contributed by atoms with Crippen LogP contribution < -0.4 is 0 Å². The lowest BCUT2D eigenvalue weighted by atomic mass is 9.96. The smallest absolute Gasteiger partial charge is 0.320 e. The Labute approximate surface area is 97.3 Å². The maximum atomic E-state index is 11.2. The molecule has 0 aromatic carbocycles. The van der Waals surface area contributed by atoms with Gasteiger partial charge in [-0.3, -0.25) is 9.69 Å². The molecule has 0 spiro atoms. The van der Waals surface area contributed by atoms with E-state index in [2.05, 4.69) is 4.90 Å². The first-order valence-corrected chi connectivity index (χ1v) is 6.30. The van der Waals surface area contributed by atoms with Gasteiger partial charge < -0.3 is 10.2 Å². The normalized spacial score (nSPS) is 24.2. The Hall–Kier alpha value is -0.610. The average Bonchev–Trinajstić information content (AvgIpc) is 2.27. The molecule has 1 saturated heterocycles. The van der Waals surface area contributed by atoms with Crippen molar-refractivity contribution < 1.29 is 15.0 Å². The highest BCUT2D eigenvalue weighted by Gasteiger charge is 2.31. The summed E-state index contributed by atoms with van der Waals surface area (Å²) in [6.45, 7) is 3.03. The van der Waals surface area contributed by atoms with Gasteiger partial charge in [0, 0.05) is 12.6 Å². The van der Waals surface area contributed by atoms with E-state index in [1.807, 2.05) is 6.92 Å². The minimum Gasteiger partial charge on any atom is -0.480 e. The van der Waals surface area contributed by atoms with Crippen molar-refractivity contribution in [2.45, 2.75) is 57.5 Å². The molecule has 0 aromatic rings. The van der Waals surface area contributed by atoms with Gasteiger partial charge in [-0.05, 0) is 32.2 Å². The Morgan fingerprint density at radius 2 is 2.25 bits per heavy atom. The Balaban J connectivity index is 2.66. The number of hydrogen-bond donors (Lipinski definition) is 2. The van der Waals surface area contributed by atoms with Crippen molar-refractivity contribution in [3.8, 4) is 0 Å². The molecule has 16 heavy (non-hydrogen) atoms. The summed E-state index contributed by atoms with van der Waals surface area (Å²) in [5, 5.41) is 18.3. The van der Waals surface area contributed by atoms with Gasteiger partial charge in [-0.25, -0.2) is 0 Å². The van der Waals surface area contributed by atoms with Crippen LogP contribution in [0.5, 0.6) is 0 Å². The Kier molecular flexibility index (Phi) is 5.77. The number of hydrogen-bond acceptors (Lipinski definition) is 3. The fourth-order valence-corrected chi connectivity index (χ4v) is 2.60. The van der Waals surface area contributed by atoms with Crippen LogP contribution in [0.1, 0.15) is 45.4 Å². The number of rotatable bonds is 6. The highest BCUT2D eigenvalue weighted by molar-refractivity contribution is 5.73. The van der Waals surface area contributed by atoms with Gasteiger partial charge in [-0.2, -0.15) is 0 Å². The molecule has 0 amide bonds. The summed E-state index contributed by atoms with van der Waals surface area (Å²) in [6.07, 6.45) is 5.55. The SMILES string of the molecule is CCCC(C(=O)O)N1CCCCC1CCO. The van der Waals surface area contributed by atoms with Crippen molar-refractivity contribution in [3.05, 3.63) is 0 Å². The summed E-state index contributed by atoms with van der Waals surface area (Å²) in [7, 11) is 0. The van der Waals surface area contributed by atoms with Crippen LogP contribution in [0.3, 0.4) is 0 Å². The molecule has 1 aliphatic heterocycles. The predicted octanol–water partition coefficient (Wildman–Crippen LogP) is 1.48. The van der Waals surface area contributed by atoms with Gasteiger partial charge >= 0.3 is 5.97 Å². The minimum absolute atomic E-state index is 0.152. The first-order chi connectivity index (χ1) is 7.70. The van der Waals surface area contributed by atoms with Crippen LogP contribution in [-0.4, -0.2) is 46.3 Å². The molecule has 0 saturated carbocycles. The van der Waals surface area contributed by atoms with Crippen LogP contribution in [-0.2, 0) is 4.79 Å². The van der Waals surface area contributed by atoms with Crippen LogP contribution in [0.15, 0.2) is 0 Å². The third-order valence-electron chi connectivity index (χ3n) is 3.38. The predicted molar refractivity (Wildman–Crippen MR) is 62.4 cm³/mol. The third kappa shape index (κ3) is 3.46. The van der Waals surface area contributed by atoms with Crippen molar-refractivity contribution in [1.82, 2.24) is 4.90 Å². The summed E-state index contributed by atoms with van der Waals surface area (Å²) < 4.78 is 0. The molecule has 1 aliphatic rings. The van der Waals surface area contributed by atoms with Gasteiger partial charge in [-0.1, -0.05) is 19.8 Å². The van der Waals surface area contributed by atoms with Crippen molar-refractivity contribution in [2.24, 2.45) is 0 Å². The van der Waals surface area contributed by atoms with E-state index >= 15 is 0 Å². The average molecular weight is 229 g/mol. The fraction of sp³-hybridized carbons (Fsp3) is 0.917. The second kappa shape index (κ2) is 6.86. The quantitative estimate of drug-likeness (QED) is 0.724. The van der Waals surface area contributed by atoms with E-state index in [0.29, 0.717) is 12.8 Å². The van der Waals surface area contributed by atoms with Gasteiger partial charge in [0.1, 0.15) is 6.04 Å². The molecule has 1 heterocycles. The maximum Gasteiger partial charge on any atom is 0.320 e. The van der Waals surface area contributed by atoms with E-state index < -0.39 is 5.97 Å². The van der Waals surface area contributed by atoms with Gasteiger partial charge in [0.15, 0.2) is 0 Å². The Morgan fingerprint density at radius 1 is 1.50 bits per heavy atom. The molecule has 2 N–H and O–H groups in total. The molecule has 1 fully saturated rings. The fourth-order valence-electron chi connectivity index (χ4n) is 2.60. The summed E-state index contributed by atoms with van der Waals surface area (Å²) >= 11 is 0. The number of carbonyl (C=O) groups is 1. The zero-order valence-electron chi connectivity index (χ0n) is 10.1. The van der Waals surface area contributed by atoms with Crippen LogP contribution in [0.25, 0.3) is 0 Å². The third-order valence-corrected chi connectivity index (χ3v) is 3.38. The lowest BCUT2D eigenvalue weighted by Crippen LogP contribution is -2.50. The molecule has 0 aliphatic carbocycles. The number of aliphatic hydroxyl groups is 1. The molecule has 94 valence electrons. The van der Waals surface area contributed by atoms with Crippen molar-refractivity contribution in [1.29, 1.82) is 0 Å². The van der Waals surface area contributed by atoms with Crippen LogP contribution in [0.4, 0.5) is 0 Å². The molecule has 4 nitrogen and oxygen atoms in total. The van der Waals surface area contributed by atoms with E-state index in [9.17, 15) is 9.90 Å². The zero-order valence-corrected chi connectivity index (χ0v) is 10.1. The molecular formula is C12H23NO3. The molecule has 1 rings (SSSR count). The van der Waals surface area contributed by atoms with Crippen LogP contribution >= 0.6 is 0 Å². The number of carboxylic acids is 1. The number of aliphatic carboxylic acids is 1. The Morgan fingerprint density at radius 3 is 2.81 bits per heavy atom. The van der Waals surface area contributed by atoms with Gasteiger partial charge in [0.05, 0.1) is 0 Å². The van der Waals surface area contributed by atoms with Gasteiger partial charge in [0.25, 0.3) is 0 Å². The largest absolute Gasteiger partial charge is 0.480 e. The molecule has 4 heteroatoms. The van der Waals surface area contributed by atoms with Gasteiger partial charge in [-0.15, -0.1) is 0 Å². The summed E-state index contributed by atoms with van der Waals surface area (Å²) in [6, 6.07) is -0.103. The minimum atomic E-state index is -0.716. The van der Waals surface area contributed by atoms with E-state index in [1.54, 1.807) is 0 Å². The molecule has 0 radical (unpaired) electrons. The summed E-state index contributed by atoms with van der Waals surface area (Å²) in [4.78, 5) is 13.3. The second-order valence-electron chi connectivity index (χ2n) is 4.54. The van der Waals surface area contributed by atoms with E-state index in [4.69, 9.17) is 5.11 Å². The van der Waals surface area contributed by atoms with Crippen LogP contribution in [0, 0.1) is 0 Å². The molecule has 2 unspecified atom stereocenters. The number of carboxylic acid groups (broad SMARTS) is 1. The molecule has 0 aromatic heterocycles. The standard InChI is InChI=1S/C12H23NO3/c1-2-5-11(12(15)16)13-8-4-3-6-10(13)7-9-14/h10-11,14H,2-9H2,1H3,(H,15,16). The monoisotopic (exact) mass is 229 g/mol. The molecular weight excluding hydrogens is 206 g/mol. The number of nitrogens with zero attached hydrogens (tertiary/aromatic N) is 1. The first kappa shape index (κ1) is 13.5. The molecule has 0 bridgehead atoms. The summed E-state index contributed by atoms with van der Waals surface area (Å²) in [5.74, 6) is -0.716. The van der Waals surface area contributed by atoms with Crippen molar-refractivity contribution in [3.63, 3.8) is 0 Å². The number of piperidine rings is 1. The van der Waals surface area contributed by atoms with E-state index in [1.165, 1.54) is 0 Å². The zero-order chi connectivity index (χ0) is 12.0. The highest BCUT2D eigenvalue weighted by Crippen LogP contribution is 2.23. The highest BCUT2D eigenvalue weighted by atomic mass is 16.4. The van der Waals surface area contributed by atoms with E-state index in [0.717, 1.165) is 32.2 Å². The van der Waals surface area contributed by atoms with Crippen molar-refractivity contribution >= 4 is 5.97 Å². The maximum absolute atomic E-state index is 11.2. The topological polar surface area (TPSA) is 60.8 Å².